The average Bonchev–Trinajstić information content (AvgIpc) is 2.77. The van der Waals surface area contributed by atoms with Gasteiger partial charge in [-0.05, 0) is 38.8 Å². The molecule has 2 saturated heterocycles. The Balaban J connectivity index is 1.73. The van der Waals surface area contributed by atoms with Gasteiger partial charge in [0.2, 0.25) is 0 Å². The third kappa shape index (κ3) is 2.28. The third-order valence-corrected chi connectivity index (χ3v) is 4.69. The van der Waals surface area contributed by atoms with Gasteiger partial charge in [0.05, 0.1) is 5.69 Å². The number of nitrogen functional groups attached to an aromatic ring is 1. The predicted molar refractivity (Wildman–Crippen MR) is 77.3 cm³/mol. The van der Waals surface area contributed by atoms with E-state index in [-0.39, 0.29) is 5.91 Å². The van der Waals surface area contributed by atoms with Crippen LogP contribution in [0, 0.1) is 5.92 Å². The first-order valence-corrected chi connectivity index (χ1v) is 7.35. The Morgan fingerprint density at radius 3 is 2.85 bits per heavy atom. The van der Waals surface area contributed by atoms with Crippen molar-refractivity contribution in [2.45, 2.75) is 25.3 Å². The highest BCUT2D eigenvalue weighted by Gasteiger charge is 2.36. The topological polar surface area (TPSA) is 67.4 Å². The second kappa shape index (κ2) is 5.09. The molecule has 0 radical (unpaired) electrons. The molecule has 1 amide bonds. The van der Waals surface area contributed by atoms with Crippen molar-refractivity contribution in [1.29, 1.82) is 0 Å². The third-order valence-electron chi connectivity index (χ3n) is 4.69. The maximum Gasteiger partial charge on any atom is 0.276 e. The molecule has 2 N–H and O–H groups in total. The highest BCUT2D eigenvalue weighted by Crippen LogP contribution is 2.30. The molecule has 6 heteroatoms. The Morgan fingerprint density at radius 1 is 1.35 bits per heavy atom. The minimum atomic E-state index is -0.0187. The van der Waals surface area contributed by atoms with E-state index in [0.717, 1.165) is 19.5 Å². The fraction of sp³-hybridized carbons (Fsp3) is 0.714. The summed E-state index contributed by atoms with van der Waals surface area (Å²) in [4.78, 5) is 16.9. The first-order valence-electron chi connectivity index (χ1n) is 7.35. The number of carbonyl (C=O) groups excluding carboxylic acids is 1. The zero-order valence-electron chi connectivity index (χ0n) is 12.2. The molecule has 20 heavy (non-hydrogen) atoms. The van der Waals surface area contributed by atoms with Crippen LogP contribution in [0.3, 0.4) is 0 Å². The lowest BCUT2D eigenvalue weighted by Gasteiger charge is -2.45. The molecule has 6 nitrogen and oxygen atoms in total. The van der Waals surface area contributed by atoms with Crippen LogP contribution in [0.1, 0.15) is 29.8 Å². The second-order valence-corrected chi connectivity index (χ2v) is 6.10. The van der Waals surface area contributed by atoms with Crippen LogP contribution in [0.2, 0.25) is 0 Å². The molecule has 2 atom stereocenters. The van der Waals surface area contributed by atoms with Crippen LogP contribution in [0.5, 0.6) is 0 Å². The van der Waals surface area contributed by atoms with Gasteiger partial charge in [0.1, 0.15) is 0 Å². The first-order chi connectivity index (χ1) is 9.56. The number of carbonyl (C=O) groups is 1. The van der Waals surface area contributed by atoms with Gasteiger partial charge in [-0.1, -0.05) is 0 Å². The van der Waals surface area contributed by atoms with Crippen LogP contribution in [-0.4, -0.2) is 58.2 Å². The van der Waals surface area contributed by atoms with Crippen LogP contribution in [0.25, 0.3) is 0 Å². The standard InChI is InChI=1S/C14H23N5O/c1-17-6-3-4-10-8-19(7-5-12(10)17)14(20)13-11(15)9-18(2)16-13/h9-10,12H,3-8,15H2,1-2H3. The number of hydrogen-bond acceptors (Lipinski definition) is 4. The van der Waals surface area contributed by atoms with E-state index in [2.05, 4.69) is 17.0 Å². The quantitative estimate of drug-likeness (QED) is 0.814. The number of aromatic nitrogens is 2. The van der Waals surface area contributed by atoms with Gasteiger partial charge in [0.25, 0.3) is 5.91 Å². The van der Waals surface area contributed by atoms with Crippen molar-refractivity contribution in [2.75, 3.05) is 32.4 Å². The smallest absolute Gasteiger partial charge is 0.276 e. The van der Waals surface area contributed by atoms with Crippen LogP contribution in [-0.2, 0) is 7.05 Å². The lowest BCUT2D eigenvalue weighted by atomic mass is 9.84. The molecule has 2 aliphatic heterocycles. The maximum atomic E-state index is 12.5. The Labute approximate surface area is 119 Å². The first kappa shape index (κ1) is 13.4. The molecule has 0 saturated carbocycles. The maximum absolute atomic E-state index is 12.5. The van der Waals surface area contributed by atoms with E-state index in [1.807, 2.05) is 4.90 Å². The highest BCUT2D eigenvalue weighted by molar-refractivity contribution is 5.97. The van der Waals surface area contributed by atoms with E-state index in [4.69, 9.17) is 5.73 Å². The number of piperidine rings is 2. The molecule has 0 spiro atoms. The van der Waals surface area contributed by atoms with E-state index in [1.165, 1.54) is 19.4 Å². The Bertz CT molecular complexity index is 512. The molecule has 0 aliphatic carbocycles. The number of rotatable bonds is 1. The van der Waals surface area contributed by atoms with Crippen molar-refractivity contribution in [3.05, 3.63) is 11.9 Å². The highest BCUT2D eigenvalue weighted by atomic mass is 16.2. The van der Waals surface area contributed by atoms with Crippen molar-refractivity contribution >= 4 is 11.6 Å². The van der Waals surface area contributed by atoms with Crippen molar-refractivity contribution in [2.24, 2.45) is 13.0 Å². The summed E-state index contributed by atoms with van der Waals surface area (Å²) in [5.74, 6) is 0.575. The fourth-order valence-electron chi connectivity index (χ4n) is 3.66. The van der Waals surface area contributed by atoms with Gasteiger partial charge >= 0.3 is 0 Å². The van der Waals surface area contributed by atoms with E-state index < -0.39 is 0 Å². The summed E-state index contributed by atoms with van der Waals surface area (Å²) in [5, 5.41) is 4.19. The van der Waals surface area contributed by atoms with Crippen molar-refractivity contribution in [3.8, 4) is 0 Å². The Hall–Kier alpha value is -1.56. The van der Waals surface area contributed by atoms with Gasteiger partial charge in [0.15, 0.2) is 5.69 Å². The molecule has 0 bridgehead atoms. The molecule has 3 heterocycles. The summed E-state index contributed by atoms with van der Waals surface area (Å²) in [5.41, 5.74) is 6.73. The molecule has 3 rings (SSSR count). The Morgan fingerprint density at radius 2 is 2.15 bits per heavy atom. The van der Waals surface area contributed by atoms with Crippen molar-refractivity contribution < 1.29 is 4.79 Å². The largest absolute Gasteiger partial charge is 0.396 e. The van der Waals surface area contributed by atoms with Crippen LogP contribution < -0.4 is 5.73 Å². The minimum Gasteiger partial charge on any atom is -0.396 e. The van der Waals surface area contributed by atoms with Gasteiger partial charge in [-0.15, -0.1) is 0 Å². The number of aryl methyl sites for hydroxylation is 1. The zero-order chi connectivity index (χ0) is 14.3. The lowest BCUT2D eigenvalue weighted by Crippen LogP contribution is -2.54. The zero-order valence-corrected chi connectivity index (χ0v) is 12.2. The number of fused-ring (bicyclic) bond motifs is 1. The van der Waals surface area contributed by atoms with Gasteiger partial charge in [-0.3, -0.25) is 9.48 Å². The molecule has 0 aromatic carbocycles. The van der Waals surface area contributed by atoms with Gasteiger partial charge < -0.3 is 15.5 Å². The summed E-state index contributed by atoms with van der Waals surface area (Å²) in [6.45, 7) is 2.83. The van der Waals surface area contributed by atoms with Crippen LogP contribution in [0.4, 0.5) is 5.69 Å². The number of anilines is 1. The van der Waals surface area contributed by atoms with Gasteiger partial charge in [-0.2, -0.15) is 5.10 Å². The molecular formula is C14H23N5O. The average molecular weight is 277 g/mol. The Kier molecular flexibility index (Phi) is 3.41. The molecule has 2 unspecified atom stereocenters. The summed E-state index contributed by atoms with van der Waals surface area (Å²) in [7, 11) is 3.99. The number of amides is 1. The van der Waals surface area contributed by atoms with E-state index in [1.54, 1.807) is 17.9 Å². The molecular weight excluding hydrogens is 254 g/mol. The van der Waals surface area contributed by atoms with Crippen molar-refractivity contribution in [1.82, 2.24) is 19.6 Å². The van der Waals surface area contributed by atoms with Crippen LogP contribution in [0.15, 0.2) is 6.20 Å². The molecule has 2 aliphatic rings. The van der Waals surface area contributed by atoms with E-state index in [9.17, 15) is 4.79 Å². The molecule has 110 valence electrons. The second-order valence-electron chi connectivity index (χ2n) is 6.10. The fourth-order valence-corrected chi connectivity index (χ4v) is 3.66. The van der Waals surface area contributed by atoms with Crippen molar-refractivity contribution in [3.63, 3.8) is 0 Å². The monoisotopic (exact) mass is 277 g/mol. The number of nitrogens with zero attached hydrogens (tertiary/aromatic N) is 4. The minimum absolute atomic E-state index is 0.0187. The predicted octanol–water partition coefficient (Wildman–Crippen LogP) is 0.559. The normalized spacial score (nSPS) is 27.4. The SMILES string of the molecule is CN1CCCC2CN(C(=O)c3nn(C)cc3N)CCC21. The number of hydrogen-bond donors (Lipinski definition) is 1. The summed E-state index contributed by atoms with van der Waals surface area (Å²) < 4.78 is 1.60. The molecule has 1 aromatic heterocycles. The number of likely N-dealkylation sites (tertiary alicyclic amines) is 2. The van der Waals surface area contributed by atoms with E-state index in [0.29, 0.717) is 23.3 Å². The molecule has 1 aromatic rings. The van der Waals surface area contributed by atoms with Crippen LogP contribution >= 0.6 is 0 Å². The van der Waals surface area contributed by atoms with Gasteiger partial charge in [0, 0.05) is 32.4 Å². The molecule has 2 fully saturated rings. The lowest BCUT2D eigenvalue weighted by molar-refractivity contribution is 0.0313. The van der Waals surface area contributed by atoms with Gasteiger partial charge in [-0.25, -0.2) is 0 Å². The van der Waals surface area contributed by atoms with E-state index >= 15 is 0 Å². The summed E-state index contributed by atoms with van der Waals surface area (Å²) in [6, 6.07) is 0.633. The summed E-state index contributed by atoms with van der Waals surface area (Å²) >= 11 is 0. The number of nitrogens with two attached hydrogens (primary N) is 1. The summed E-state index contributed by atoms with van der Waals surface area (Å²) in [6.07, 6.45) is 5.19.